The van der Waals surface area contributed by atoms with Crippen LogP contribution in [0.25, 0.3) is 0 Å². The largest absolute Gasteiger partial charge is 0.311 e. The van der Waals surface area contributed by atoms with Gasteiger partial charge < -0.3 is 4.52 Å². The molecular formula is C18H19O3P. The van der Waals surface area contributed by atoms with E-state index >= 15 is 0 Å². The van der Waals surface area contributed by atoms with Crippen LogP contribution in [0.5, 0.6) is 0 Å². The molecule has 0 saturated heterocycles. The van der Waals surface area contributed by atoms with E-state index in [4.69, 9.17) is 4.52 Å². The van der Waals surface area contributed by atoms with Gasteiger partial charge in [-0.05, 0) is 43.5 Å². The lowest BCUT2D eigenvalue weighted by Gasteiger charge is -2.27. The van der Waals surface area contributed by atoms with Crippen LogP contribution < -0.4 is 10.6 Å². The van der Waals surface area contributed by atoms with Crippen LogP contribution in [0.15, 0.2) is 60.7 Å². The van der Waals surface area contributed by atoms with E-state index in [1.165, 1.54) is 0 Å². The van der Waals surface area contributed by atoms with Gasteiger partial charge in [0.15, 0.2) is 5.78 Å². The highest BCUT2D eigenvalue weighted by Crippen LogP contribution is 2.47. The molecule has 3 rings (SSSR count). The van der Waals surface area contributed by atoms with Crippen LogP contribution in [0, 0.1) is 0 Å². The molecule has 114 valence electrons. The molecule has 4 heteroatoms. The Kier molecular flexibility index (Phi) is 4.56. The predicted octanol–water partition coefficient (Wildman–Crippen LogP) is 3.44. The number of benzene rings is 2. The maximum Gasteiger partial charge on any atom is 0.261 e. The summed E-state index contributed by atoms with van der Waals surface area (Å²) in [7, 11) is -3.25. The van der Waals surface area contributed by atoms with E-state index in [2.05, 4.69) is 0 Å². The summed E-state index contributed by atoms with van der Waals surface area (Å²) in [5, 5.41) is 1.28. The van der Waals surface area contributed by atoms with E-state index in [0.29, 0.717) is 23.5 Å². The molecule has 22 heavy (non-hydrogen) atoms. The summed E-state index contributed by atoms with van der Waals surface area (Å²) < 4.78 is 19.6. The minimum Gasteiger partial charge on any atom is -0.311 e. The number of carbonyl (C=O) groups is 1. The smallest absolute Gasteiger partial charge is 0.261 e. The van der Waals surface area contributed by atoms with Gasteiger partial charge in [0.2, 0.25) is 0 Å². The van der Waals surface area contributed by atoms with Crippen LogP contribution >= 0.6 is 7.37 Å². The molecule has 2 aromatic carbocycles. The Morgan fingerprint density at radius 1 is 0.864 bits per heavy atom. The molecule has 0 spiro atoms. The van der Waals surface area contributed by atoms with Crippen molar-refractivity contribution >= 4 is 23.8 Å². The van der Waals surface area contributed by atoms with Crippen molar-refractivity contribution in [1.29, 1.82) is 0 Å². The first-order valence-electron chi connectivity index (χ1n) is 7.62. The molecule has 1 aliphatic rings. The van der Waals surface area contributed by atoms with Crippen LogP contribution in [0.1, 0.15) is 25.7 Å². The fraction of sp³-hybridized carbons (Fsp3) is 0.278. The normalized spacial score (nSPS) is 19.1. The molecule has 0 aromatic heterocycles. The summed E-state index contributed by atoms with van der Waals surface area (Å²) >= 11 is 0. The van der Waals surface area contributed by atoms with Crippen molar-refractivity contribution in [2.45, 2.75) is 31.8 Å². The maximum atomic E-state index is 13.7. The standard InChI is InChI=1S/C18H19O3P/c19-17-13-7-8-14-18(17)21-22(20,15-9-3-1-4-10-15)16-11-5-2-6-12-16/h1-6,9-12,18H,7-8,13-14H2. The molecule has 0 heterocycles. The fourth-order valence-electron chi connectivity index (χ4n) is 2.76. The summed E-state index contributed by atoms with van der Waals surface area (Å²) in [6, 6.07) is 18.4. The van der Waals surface area contributed by atoms with Crippen molar-refractivity contribution in [3.8, 4) is 0 Å². The number of carbonyl (C=O) groups excluding carboxylic acids is 1. The topological polar surface area (TPSA) is 43.4 Å². The van der Waals surface area contributed by atoms with Gasteiger partial charge in [-0.25, -0.2) is 0 Å². The van der Waals surface area contributed by atoms with Gasteiger partial charge in [0.25, 0.3) is 7.37 Å². The zero-order valence-corrected chi connectivity index (χ0v) is 13.2. The Balaban J connectivity index is 2.00. The number of ketones is 1. The number of hydrogen-bond acceptors (Lipinski definition) is 3. The van der Waals surface area contributed by atoms with E-state index in [1.54, 1.807) is 24.3 Å². The average Bonchev–Trinajstić information content (AvgIpc) is 2.58. The highest BCUT2D eigenvalue weighted by atomic mass is 31.2. The molecule has 1 aliphatic carbocycles. The lowest BCUT2D eigenvalue weighted by atomic mass is 9.97. The lowest BCUT2D eigenvalue weighted by molar-refractivity contribution is -0.127. The van der Waals surface area contributed by atoms with Crippen LogP contribution in [0.2, 0.25) is 0 Å². The van der Waals surface area contributed by atoms with E-state index in [0.717, 1.165) is 12.8 Å². The second-order valence-electron chi connectivity index (χ2n) is 5.53. The highest BCUT2D eigenvalue weighted by molar-refractivity contribution is 7.74. The van der Waals surface area contributed by atoms with Crippen LogP contribution in [0.4, 0.5) is 0 Å². The van der Waals surface area contributed by atoms with E-state index in [9.17, 15) is 9.36 Å². The fourth-order valence-corrected chi connectivity index (χ4v) is 5.01. The van der Waals surface area contributed by atoms with Crippen LogP contribution in [0.3, 0.4) is 0 Å². The molecule has 0 amide bonds. The summed E-state index contributed by atoms with van der Waals surface area (Å²) in [5.41, 5.74) is 0. The second kappa shape index (κ2) is 6.60. The first-order chi connectivity index (χ1) is 10.7. The SMILES string of the molecule is O=C1CCCCC1OP(=O)(c1ccccc1)c1ccccc1. The number of rotatable bonds is 4. The van der Waals surface area contributed by atoms with Gasteiger partial charge in [0, 0.05) is 17.0 Å². The summed E-state index contributed by atoms with van der Waals surface area (Å²) in [6.45, 7) is 0. The molecule has 2 aromatic rings. The van der Waals surface area contributed by atoms with Gasteiger partial charge in [0.1, 0.15) is 6.10 Å². The quantitative estimate of drug-likeness (QED) is 0.812. The maximum absolute atomic E-state index is 13.7. The monoisotopic (exact) mass is 314 g/mol. The Bertz CT molecular complexity index is 638. The van der Waals surface area contributed by atoms with Crippen molar-refractivity contribution in [2.75, 3.05) is 0 Å². The van der Waals surface area contributed by atoms with E-state index in [1.807, 2.05) is 36.4 Å². The molecule has 0 radical (unpaired) electrons. The van der Waals surface area contributed by atoms with Crippen LogP contribution in [-0.2, 0) is 13.9 Å². The Morgan fingerprint density at radius 2 is 1.41 bits per heavy atom. The molecule has 1 atom stereocenters. The van der Waals surface area contributed by atoms with Gasteiger partial charge in [-0.15, -0.1) is 0 Å². The average molecular weight is 314 g/mol. The Morgan fingerprint density at radius 3 is 1.91 bits per heavy atom. The zero-order valence-electron chi connectivity index (χ0n) is 12.4. The lowest BCUT2D eigenvalue weighted by Crippen LogP contribution is -2.31. The third kappa shape index (κ3) is 3.06. The molecule has 1 saturated carbocycles. The Hall–Kier alpha value is -1.70. The van der Waals surface area contributed by atoms with Crippen molar-refractivity contribution in [3.63, 3.8) is 0 Å². The van der Waals surface area contributed by atoms with Crippen molar-refractivity contribution in [2.24, 2.45) is 0 Å². The minimum absolute atomic E-state index is 0.0679. The van der Waals surface area contributed by atoms with Crippen molar-refractivity contribution in [1.82, 2.24) is 0 Å². The molecule has 0 N–H and O–H groups in total. The first kappa shape index (κ1) is 15.2. The second-order valence-corrected chi connectivity index (χ2v) is 7.88. The van der Waals surface area contributed by atoms with E-state index < -0.39 is 13.5 Å². The molecule has 3 nitrogen and oxygen atoms in total. The van der Waals surface area contributed by atoms with Gasteiger partial charge >= 0.3 is 0 Å². The first-order valence-corrected chi connectivity index (χ1v) is 9.25. The Labute approximate surface area is 130 Å². The molecule has 0 aliphatic heterocycles. The van der Waals surface area contributed by atoms with E-state index in [-0.39, 0.29) is 5.78 Å². The van der Waals surface area contributed by atoms with Gasteiger partial charge in [-0.1, -0.05) is 36.4 Å². The summed E-state index contributed by atoms with van der Waals surface area (Å²) in [4.78, 5) is 12.1. The number of Topliss-reactive ketones (excluding diaryl/α,β-unsaturated/α-hetero) is 1. The predicted molar refractivity (Wildman–Crippen MR) is 88.1 cm³/mol. The summed E-state index contributed by atoms with van der Waals surface area (Å²) in [6.07, 6.45) is 2.47. The van der Waals surface area contributed by atoms with Gasteiger partial charge in [-0.3, -0.25) is 9.36 Å². The molecular weight excluding hydrogens is 295 g/mol. The van der Waals surface area contributed by atoms with Crippen LogP contribution in [-0.4, -0.2) is 11.9 Å². The van der Waals surface area contributed by atoms with Gasteiger partial charge in [-0.2, -0.15) is 0 Å². The third-order valence-electron chi connectivity index (χ3n) is 3.97. The van der Waals surface area contributed by atoms with Crippen molar-refractivity contribution < 1.29 is 13.9 Å². The molecule has 1 fully saturated rings. The summed E-state index contributed by atoms with van der Waals surface area (Å²) in [5.74, 6) is 0.0679. The molecule has 0 bridgehead atoms. The highest BCUT2D eigenvalue weighted by Gasteiger charge is 2.35. The van der Waals surface area contributed by atoms with Crippen molar-refractivity contribution in [3.05, 3.63) is 60.7 Å². The zero-order chi connectivity index (χ0) is 15.4. The molecule has 1 unspecified atom stereocenters. The minimum atomic E-state index is -3.25. The number of hydrogen-bond donors (Lipinski definition) is 0. The van der Waals surface area contributed by atoms with Gasteiger partial charge in [0.05, 0.1) is 0 Å². The third-order valence-corrected chi connectivity index (χ3v) is 6.47.